The fourth-order valence-electron chi connectivity index (χ4n) is 3.40. The van der Waals surface area contributed by atoms with Crippen molar-refractivity contribution in [2.45, 2.75) is 32.1 Å². The van der Waals surface area contributed by atoms with Crippen molar-refractivity contribution >= 4 is 11.5 Å². The summed E-state index contributed by atoms with van der Waals surface area (Å²) in [5.41, 5.74) is 2.21. The second-order valence-electron chi connectivity index (χ2n) is 6.13. The molecule has 0 bridgehead atoms. The van der Waals surface area contributed by atoms with Gasteiger partial charge in [0.25, 0.3) is 0 Å². The third-order valence-corrected chi connectivity index (χ3v) is 4.46. The molecule has 2 unspecified atom stereocenters. The first-order valence-electron chi connectivity index (χ1n) is 8.70. The van der Waals surface area contributed by atoms with Crippen LogP contribution in [-0.2, 0) is 4.79 Å². The number of hydrogen-bond acceptors (Lipinski definition) is 4. The molecule has 130 valence electrons. The van der Waals surface area contributed by atoms with E-state index in [0.717, 1.165) is 11.1 Å². The van der Waals surface area contributed by atoms with Crippen LogP contribution in [0.4, 0.5) is 0 Å². The summed E-state index contributed by atoms with van der Waals surface area (Å²) in [6, 6.07) is 15.3. The number of hydrogen-bond donors (Lipinski definition) is 1. The maximum absolute atomic E-state index is 13.0. The zero-order valence-electron chi connectivity index (χ0n) is 14.6. The van der Waals surface area contributed by atoms with E-state index in [1.807, 2.05) is 62.4 Å². The van der Waals surface area contributed by atoms with Crippen LogP contribution in [0.3, 0.4) is 0 Å². The molecule has 0 aromatic heterocycles. The number of nitrogens with one attached hydrogen (secondary N) is 1. The topological polar surface area (TPSA) is 59.4 Å². The predicted octanol–water partition coefficient (Wildman–Crippen LogP) is 4.34. The molecule has 4 nitrogen and oxygen atoms in total. The van der Waals surface area contributed by atoms with Gasteiger partial charge in [0.1, 0.15) is 11.5 Å². The van der Waals surface area contributed by atoms with Gasteiger partial charge in [0.2, 0.25) is 0 Å². The molecule has 25 heavy (non-hydrogen) atoms. The van der Waals surface area contributed by atoms with Crippen LogP contribution in [0.15, 0.2) is 48.5 Å². The Morgan fingerprint density at radius 3 is 2.12 bits per heavy atom. The molecule has 1 saturated carbocycles. The molecule has 0 spiro atoms. The van der Waals surface area contributed by atoms with Crippen molar-refractivity contribution in [2.75, 3.05) is 13.2 Å². The molecule has 0 radical (unpaired) electrons. The number of ether oxygens (including phenoxy) is 2. The Bertz CT molecular complexity index is 746. The van der Waals surface area contributed by atoms with Gasteiger partial charge in [0.05, 0.1) is 19.1 Å². The largest absolute Gasteiger partial charge is 0.494 e. The number of ketones is 1. The molecule has 2 aromatic carbocycles. The molecule has 1 aliphatic carbocycles. The Morgan fingerprint density at radius 2 is 1.56 bits per heavy atom. The monoisotopic (exact) mass is 337 g/mol. The fraction of sp³-hybridized carbons (Fsp3) is 0.333. The van der Waals surface area contributed by atoms with E-state index >= 15 is 0 Å². The Morgan fingerprint density at radius 1 is 0.960 bits per heavy atom. The van der Waals surface area contributed by atoms with Crippen molar-refractivity contribution < 1.29 is 14.3 Å². The first kappa shape index (κ1) is 17.2. The van der Waals surface area contributed by atoms with Gasteiger partial charge in [-0.15, -0.1) is 0 Å². The molecule has 0 aliphatic heterocycles. The molecule has 1 aliphatic rings. The van der Waals surface area contributed by atoms with Gasteiger partial charge >= 0.3 is 0 Å². The average Bonchev–Trinajstić information content (AvgIpc) is 2.90. The molecule has 2 aromatic rings. The van der Waals surface area contributed by atoms with E-state index in [2.05, 4.69) is 0 Å². The second kappa shape index (κ2) is 7.51. The SMILES string of the molecule is CCOc1cc(OCC)cc(C2C(=N)CC(c3ccccc3)C2=O)c1. The summed E-state index contributed by atoms with van der Waals surface area (Å²) in [5.74, 6) is 0.654. The van der Waals surface area contributed by atoms with E-state index in [4.69, 9.17) is 14.9 Å². The van der Waals surface area contributed by atoms with Crippen LogP contribution in [0.1, 0.15) is 43.2 Å². The highest BCUT2D eigenvalue weighted by Gasteiger charge is 2.40. The van der Waals surface area contributed by atoms with Gasteiger partial charge in [-0.05, 0) is 43.5 Å². The zero-order valence-corrected chi connectivity index (χ0v) is 14.6. The van der Waals surface area contributed by atoms with E-state index in [0.29, 0.717) is 36.8 Å². The molecule has 4 heteroatoms. The van der Waals surface area contributed by atoms with E-state index in [1.165, 1.54) is 0 Å². The van der Waals surface area contributed by atoms with Crippen molar-refractivity contribution in [3.05, 3.63) is 59.7 Å². The highest BCUT2D eigenvalue weighted by molar-refractivity contribution is 6.17. The molecule has 2 atom stereocenters. The molecule has 1 N–H and O–H groups in total. The number of carbonyl (C=O) groups excluding carboxylic acids is 1. The average molecular weight is 337 g/mol. The first-order chi connectivity index (χ1) is 12.1. The maximum atomic E-state index is 13.0. The van der Waals surface area contributed by atoms with Gasteiger partial charge in [-0.1, -0.05) is 30.3 Å². The minimum atomic E-state index is -0.523. The van der Waals surface area contributed by atoms with Gasteiger partial charge in [0.15, 0.2) is 5.78 Å². The molecule has 0 saturated heterocycles. The van der Waals surface area contributed by atoms with Crippen LogP contribution in [0.2, 0.25) is 0 Å². The van der Waals surface area contributed by atoms with Crippen molar-refractivity contribution in [2.24, 2.45) is 0 Å². The predicted molar refractivity (Wildman–Crippen MR) is 98.1 cm³/mol. The lowest BCUT2D eigenvalue weighted by atomic mass is 9.91. The Kier molecular flexibility index (Phi) is 5.17. The molecule has 0 heterocycles. The summed E-state index contributed by atoms with van der Waals surface area (Å²) in [4.78, 5) is 13.0. The standard InChI is InChI=1S/C21H23NO3/c1-3-24-16-10-15(11-17(12-16)25-4-2)20-19(22)13-18(21(20)23)14-8-6-5-7-9-14/h5-12,18,20,22H,3-4,13H2,1-2H3. The number of carbonyl (C=O) groups is 1. The Balaban J connectivity index is 1.95. The van der Waals surface area contributed by atoms with E-state index in [-0.39, 0.29) is 11.7 Å². The van der Waals surface area contributed by atoms with Gasteiger partial charge < -0.3 is 14.9 Å². The maximum Gasteiger partial charge on any atom is 0.153 e. The summed E-state index contributed by atoms with van der Waals surface area (Å²) >= 11 is 0. The van der Waals surface area contributed by atoms with Crippen LogP contribution in [0.25, 0.3) is 0 Å². The molecule has 1 fully saturated rings. The van der Waals surface area contributed by atoms with Crippen LogP contribution < -0.4 is 9.47 Å². The summed E-state index contributed by atoms with van der Waals surface area (Å²) in [7, 11) is 0. The zero-order chi connectivity index (χ0) is 17.8. The number of rotatable bonds is 6. The van der Waals surface area contributed by atoms with Gasteiger partial charge in [0, 0.05) is 17.7 Å². The highest BCUT2D eigenvalue weighted by Crippen LogP contribution is 2.40. The van der Waals surface area contributed by atoms with Crippen LogP contribution in [-0.4, -0.2) is 24.7 Å². The molecular weight excluding hydrogens is 314 g/mol. The third-order valence-electron chi connectivity index (χ3n) is 4.46. The van der Waals surface area contributed by atoms with Crippen molar-refractivity contribution in [1.82, 2.24) is 0 Å². The molecular formula is C21H23NO3. The lowest BCUT2D eigenvalue weighted by molar-refractivity contribution is -0.119. The van der Waals surface area contributed by atoms with E-state index in [1.54, 1.807) is 0 Å². The third kappa shape index (κ3) is 3.58. The Hall–Kier alpha value is -2.62. The molecule has 0 amide bonds. The minimum Gasteiger partial charge on any atom is -0.494 e. The first-order valence-corrected chi connectivity index (χ1v) is 8.70. The minimum absolute atomic E-state index is 0.0762. The smallest absolute Gasteiger partial charge is 0.153 e. The normalized spacial score (nSPS) is 19.9. The number of benzene rings is 2. The van der Waals surface area contributed by atoms with Crippen molar-refractivity contribution in [3.8, 4) is 11.5 Å². The van der Waals surface area contributed by atoms with Gasteiger partial charge in [-0.2, -0.15) is 0 Å². The molecule has 3 rings (SSSR count). The summed E-state index contributed by atoms with van der Waals surface area (Å²) in [5, 5.41) is 8.40. The highest BCUT2D eigenvalue weighted by atomic mass is 16.5. The van der Waals surface area contributed by atoms with Gasteiger partial charge in [-0.25, -0.2) is 0 Å². The Labute approximate surface area is 148 Å². The lowest BCUT2D eigenvalue weighted by Crippen LogP contribution is -2.14. The van der Waals surface area contributed by atoms with Crippen molar-refractivity contribution in [1.29, 1.82) is 5.41 Å². The van der Waals surface area contributed by atoms with E-state index < -0.39 is 5.92 Å². The van der Waals surface area contributed by atoms with E-state index in [9.17, 15) is 4.79 Å². The summed E-state index contributed by atoms with van der Waals surface area (Å²) in [6.07, 6.45) is 0.469. The van der Waals surface area contributed by atoms with Gasteiger partial charge in [-0.3, -0.25) is 4.79 Å². The second-order valence-corrected chi connectivity index (χ2v) is 6.13. The van der Waals surface area contributed by atoms with Crippen LogP contribution in [0, 0.1) is 5.41 Å². The summed E-state index contributed by atoms with van der Waals surface area (Å²) < 4.78 is 11.2. The van der Waals surface area contributed by atoms with Crippen LogP contribution in [0.5, 0.6) is 11.5 Å². The van der Waals surface area contributed by atoms with Crippen LogP contribution >= 0.6 is 0 Å². The lowest BCUT2D eigenvalue weighted by Gasteiger charge is -2.15. The summed E-state index contributed by atoms with van der Waals surface area (Å²) in [6.45, 7) is 4.91. The fourth-order valence-corrected chi connectivity index (χ4v) is 3.40. The quantitative estimate of drug-likeness (QED) is 0.853. The van der Waals surface area contributed by atoms with Crippen molar-refractivity contribution in [3.63, 3.8) is 0 Å². The number of Topliss-reactive ketones (excluding diaryl/α,β-unsaturated/α-hetero) is 1.